The molecule has 0 unspecified atom stereocenters. The molecule has 39 heavy (non-hydrogen) atoms. The molecule has 1 aliphatic rings. The molecule has 1 aliphatic heterocycles. The first-order valence-electron chi connectivity index (χ1n) is 12.9. The van der Waals surface area contributed by atoms with Crippen molar-refractivity contribution in [1.82, 2.24) is 0 Å². The predicted octanol–water partition coefficient (Wildman–Crippen LogP) is 5.80. The maximum Gasteiger partial charge on any atom is 0.326 e. The second-order valence-corrected chi connectivity index (χ2v) is 9.24. The van der Waals surface area contributed by atoms with E-state index in [1.807, 2.05) is 59.5 Å². The van der Waals surface area contributed by atoms with Gasteiger partial charge in [0, 0.05) is 17.8 Å². The summed E-state index contributed by atoms with van der Waals surface area (Å²) in [5.41, 5.74) is 0.213. The summed E-state index contributed by atoms with van der Waals surface area (Å²) >= 11 is 0. The van der Waals surface area contributed by atoms with Gasteiger partial charge in [-0.1, -0.05) is 42.5 Å². The predicted molar refractivity (Wildman–Crippen MR) is 145 cm³/mol. The summed E-state index contributed by atoms with van der Waals surface area (Å²) in [6.45, 7) is 3.48. The molecule has 1 heterocycles. The van der Waals surface area contributed by atoms with Gasteiger partial charge in [0.25, 0.3) is 5.69 Å². The van der Waals surface area contributed by atoms with E-state index in [1.54, 1.807) is 33.1 Å². The second-order valence-electron chi connectivity index (χ2n) is 9.24. The monoisotopic (exact) mass is 532 g/mol. The van der Waals surface area contributed by atoms with E-state index in [0.717, 1.165) is 11.3 Å². The Bertz CT molecular complexity index is 1290. The van der Waals surface area contributed by atoms with E-state index in [4.69, 9.17) is 14.2 Å². The minimum atomic E-state index is -1.76. The van der Waals surface area contributed by atoms with Gasteiger partial charge in [0.05, 0.1) is 37.3 Å². The van der Waals surface area contributed by atoms with Crippen molar-refractivity contribution in [1.29, 1.82) is 0 Å². The Kier molecular flexibility index (Phi) is 8.49. The molecule has 9 heteroatoms. The molecule has 0 saturated carbocycles. The van der Waals surface area contributed by atoms with E-state index < -0.39 is 28.3 Å². The lowest BCUT2D eigenvalue weighted by Crippen LogP contribution is -2.56. The quantitative estimate of drug-likeness (QED) is 0.147. The third-order valence-electron chi connectivity index (χ3n) is 7.12. The van der Waals surface area contributed by atoms with E-state index >= 15 is 0 Å². The molecule has 1 saturated heterocycles. The highest BCUT2D eigenvalue weighted by Crippen LogP contribution is 2.55. The van der Waals surface area contributed by atoms with Crippen molar-refractivity contribution in [3.63, 3.8) is 0 Å². The highest BCUT2D eigenvalue weighted by atomic mass is 16.6. The first-order valence-corrected chi connectivity index (χ1v) is 12.9. The number of nitro benzene ring substituents is 1. The Hall–Kier alpha value is -4.40. The van der Waals surface area contributed by atoms with Crippen LogP contribution >= 0.6 is 0 Å². The number of rotatable bonds is 9. The molecule has 0 radical (unpaired) electrons. The van der Waals surface area contributed by atoms with Crippen molar-refractivity contribution in [2.75, 3.05) is 25.2 Å². The van der Waals surface area contributed by atoms with Crippen LogP contribution in [0.15, 0.2) is 78.9 Å². The number of nitro groups is 1. The molecule has 0 N–H and O–H groups in total. The van der Waals surface area contributed by atoms with Gasteiger partial charge in [0.1, 0.15) is 5.75 Å². The topological polar surface area (TPSA) is 108 Å². The lowest BCUT2D eigenvalue weighted by Gasteiger charge is -2.51. The SMILES string of the molecule is CCOC(=O)C1(C(=O)OCC)CC[C@H](c2ccc(OC)cc2)N(c2ccccc2)[C@H]1c1cccc([N+](=O)[O-])c1. The highest BCUT2D eigenvalue weighted by Gasteiger charge is 2.61. The zero-order valence-corrected chi connectivity index (χ0v) is 22.2. The molecule has 2 atom stereocenters. The molecular formula is C30H32N2O7. The van der Waals surface area contributed by atoms with Gasteiger partial charge >= 0.3 is 11.9 Å². The fourth-order valence-electron chi connectivity index (χ4n) is 5.42. The fraction of sp³-hybridized carbons (Fsp3) is 0.333. The smallest absolute Gasteiger partial charge is 0.326 e. The number of carbonyl (C=O) groups excluding carboxylic acids is 2. The number of para-hydroxylation sites is 1. The van der Waals surface area contributed by atoms with Crippen molar-refractivity contribution >= 4 is 23.3 Å². The standard InChI is InChI=1S/C30H32N2O7/c1-4-38-28(33)30(29(34)39-5-2)19-18-26(21-14-16-25(37-3)17-15-21)31(23-11-7-6-8-12-23)27(30)22-10-9-13-24(20-22)32(35)36/h6-17,20,26-27H,4-5,18-19H2,1-3H3/t26-,27+/m1/s1. The number of nitrogens with zero attached hydrogens (tertiary/aromatic N) is 2. The Balaban J connectivity index is 2.02. The van der Waals surface area contributed by atoms with E-state index in [1.165, 1.54) is 12.1 Å². The average molecular weight is 533 g/mol. The lowest BCUT2D eigenvalue weighted by atomic mass is 9.67. The third-order valence-corrected chi connectivity index (χ3v) is 7.12. The van der Waals surface area contributed by atoms with Crippen molar-refractivity contribution in [2.45, 2.75) is 38.8 Å². The number of hydrogen-bond donors (Lipinski definition) is 0. The molecule has 1 fully saturated rings. The number of hydrogen-bond acceptors (Lipinski definition) is 8. The van der Waals surface area contributed by atoms with Gasteiger partial charge in [-0.2, -0.15) is 0 Å². The Morgan fingerprint density at radius 3 is 2.13 bits per heavy atom. The Labute approximate surface area is 227 Å². The molecule has 0 amide bonds. The first-order chi connectivity index (χ1) is 18.9. The summed E-state index contributed by atoms with van der Waals surface area (Å²) in [7, 11) is 1.59. The van der Waals surface area contributed by atoms with Crippen LogP contribution in [-0.2, 0) is 19.1 Å². The Morgan fingerprint density at radius 1 is 0.923 bits per heavy atom. The van der Waals surface area contributed by atoms with Gasteiger partial charge in [0.2, 0.25) is 0 Å². The van der Waals surface area contributed by atoms with Crippen molar-refractivity contribution < 1.29 is 28.7 Å². The van der Waals surface area contributed by atoms with Crippen molar-refractivity contribution in [3.8, 4) is 5.75 Å². The minimum Gasteiger partial charge on any atom is -0.497 e. The zero-order valence-electron chi connectivity index (χ0n) is 22.2. The third kappa shape index (κ3) is 5.30. The van der Waals surface area contributed by atoms with Crippen LogP contribution in [0, 0.1) is 15.5 Å². The largest absolute Gasteiger partial charge is 0.497 e. The molecule has 4 rings (SSSR count). The highest BCUT2D eigenvalue weighted by molar-refractivity contribution is 6.02. The van der Waals surface area contributed by atoms with Crippen LogP contribution in [0.3, 0.4) is 0 Å². The van der Waals surface area contributed by atoms with Gasteiger partial charge < -0.3 is 19.1 Å². The van der Waals surface area contributed by atoms with E-state index in [0.29, 0.717) is 17.7 Å². The molecule has 9 nitrogen and oxygen atoms in total. The number of ether oxygens (including phenoxy) is 3. The molecule has 0 aromatic heterocycles. The summed E-state index contributed by atoms with van der Waals surface area (Å²) in [5.74, 6) is -0.730. The molecular weight excluding hydrogens is 500 g/mol. The number of methoxy groups -OCH3 is 1. The summed E-state index contributed by atoms with van der Waals surface area (Å²) in [6, 6.07) is 21.9. The van der Waals surface area contributed by atoms with Crippen molar-refractivity contribution in [3.05, 3.63) is 100 Å². The van der Waals surface area contributed by atoms with Gasteiger partial charge in [-0.15, -0.1) is 0 Å². The molecule has 3 aromatic rings. The van der Waals surface area contributed by atoms with Gasteiger partial charge in [-0.05, 0) is 62.1 Å². The van der Waals surface area contributed by atoms with Gasteiger partial charge in [-0.25, -0.2) is 0 Å². The number of carbonyl (C=O) groups is 2. The van der Waals surface area contributed by atoms with E-state index in [2.05, 4.69) is 0 Å². The maximum absolute atomic E-state index is 13.8. The normalized spacial score (nSPS) is 18.2. The van der Waals surface area contributed by atoms with Crippen LogP contribution in [0.2, 0.25) is 0 Å². The van der Waals surface area contributed by atoms with Crippen LogP contribution in [0.1, 0.15) is 49.9 Å². The second kappa shape index (κ2) is 12.0. The minimum absolute atomic E-state index is 0.0644. The lowest BCUT2D eigenvalue weighted by molar-refractivity contribution is -0.385. The molecule has 0 aliphatic carbocycles. The zero-order chi connectivity index (χ0) is 28.0. The summed E-state index contributed by atoms with van der Waals surface area (Å²) in [5, 5.41) is 11.8. The van der Waals surface area contributed by atoms with Crippen LogP contribution < -0.4 is 9.64 Å². The molecule has 3 aromatic carbocycles. The van der Waals surface area contributed by atoms with Crippen LogP contribution in [0.25, 0.3) is 0 Å². The van der Waals surface area contributed by atoms with E-state index in [-0.39, 0.29) is 31.4 Å². The number of esters is 2. The number of benzene rings is 3. The summed E-state index contributed by atoms with van der Waals surface area (Å²) in [6.07, 6.45) is 0.544. The van der Waals surface area contributed by atoms with Gasteiger partial charge in [0.15, 0.2) is 5.41 Å². The summed E-state index contributed by atoms with van der Waals surface area (Å²) in [4.78, 5) is 41.0. The molecule has 204 valence electrons. The van der Waals surface area contributed by atoms with Crippen molar-refractivity contribution in [2.24, 2.45) is 5.41 Å². The molecule has 0 spiro atoms. The van der Waals surface area contributed by atoms with E-state index in [9.17, 15) is 19.7 Å². The first kappa shape index (κ1) is 27.6. The fourth-order valence-corrected chi connectivity index (χ4v) is 5.42. The average Bonchev–Trinajstić information content (AvgIpc) is 2.97. The van der Waals surface area contributed by atoms with Crippen LogP contribution in [0.4, 0.5) is 11.4 Å². The molecule has 0 bridgehead atoms. The number of non-ortho nitro benzene ring substituents is 1. The van der Waals surface area contributed by atoms with Crippen LogP contribution in [-0.4, -0.2) is 37.2 Å². The maximum atomic E-state index is 13.8. The van der Waals surface area contributed by atoms with Crippen LogP contribution in [0.5, 0.6) is 5.75 Å². The Morgan fingerprint density at radius 2 is 1.56 bits per heavy atom. The van der Waals surface area contributed by atoms with Gasteiger partial charge in [-0.3, -0.25) is 19.7 Å². The number of piperidine rings is 1. The number of anilines is 1. The summed E-state index contributed by atoms with van der Waals surface area (Å²) < 4.78 is 16.4.